The van der Waals surface area contributed by atoms with Crippen molar-refractivity contribution in [1.82, 2.24) is 10.2 Å². The summed E-state index contributed by atoms with van der Waals surface area (Å²) in [4.78, 5) is 25.9. The SMILES string of the molecule is CCS(=O)c1ccc(CC(=O)Nc2ccc(C(C)(C)C(=O)Nc3cccnn3)cc2)cc1. The van der Waals surface area contributed by atoms with Gasteiger partial charge in [-0.25, -0.2) is 0 Å². The van der Waals surface area contributed by atoms with Crippen LogP contribution in [0.15, 0.2) is 71.8 Å². The lowest BCUT2D eigenvalue weighted by atomic mass is 9.83. The summed E-state index contributed by atoms with van der Waals surface area (Å²) in [5.74, 6) is 0.599. The molecule has 0 aliphatic carbocycles. The Labute approximate surface area is 190 Å². The minimum absolute atomic E-state index is 0.151. The fraction of sp³-hybridized carbons (Fsp3) is 0.250. The van der Waals surface area contributed by atoms with E-state index in [1.807, 2.05) is 45.0 Å². The van der Waals surface area contributed by atoms with Gasteiger partial charge in [-0.2, -0.15) is 5.10 Å². The van der Waals surface area contributed by atoms with E-state index in [4.69, 9.17) is 0 Å². The van der Waals surface area contributed by atoms with Gasteiger partial charge in [0, 0.05) is 22.5 Å². The predicted molar refractivity (Wildman–Crippen MR) is 126 cm³/mol. The number of carbonyl (C=O) groups is 2. The maximum Gasteiger partial charge on any atom is 0.235 e. The van der Waals surface area contributed by atoms with Crippen molar-refractivity contribution < 1.29 is 13.8 Å². The number of anilines is 2. The van der Waals surface area contributed by atoms with Gasteiger partial charge in [0.1, 0.15) is 0 Å². The van der Waals surface area contributed by atoms with E-state index >= 15 is 0 Å². The van der Waals surface area contributed by atoms with E-state index in [0.717, 1.165) is 16.0 Å². The van der Waals surface area contributed by atoms with E-state index in [2.05, 4.69) is 20.8 Å². The lowest BCUT2D eigenvalue weighted by Gasteiger charge is -2.24. The number of hydrogen-bond donors (Lipinski definition) is 2. The summed E-state index contributed by atoms with van der Waals surface area (Å²) in [5, 5.41) is 13.3. The van der Waals surface area contributed by atoms with Gasteiger partial charge < -0.3 is 10.6 Å². The fourth-order valence-corrected chi connectivity index (χ4v) is 3.83. The first-order valence-electron chi connectivity index (χ1n) is 10.3. The summed E-state index contributed by atoms with van der Waals surface area (Å²) in [5.41, 5.74) is 1.49. The number of amides is 2. The van der Waals surface area contributed by atoms with E-state index in [1.165, 1.54) is 6.20 Å². The van der Waals surface area contributed by atoms with Gasteiger partial charge in [-0.05, 0) is 61.4 Å². The van der Waals surface area contributed by atoms with Crippen LogP contribution in [0.1, 0.15) is 31.9 Å². The Morgan fingerprint density at radius 1 is 0.969 bits per heavy atom. The van der Waals surface area contributed by atoms with Crippen LogP contribution in [0.5, 0.6) is 0 Å². The molecule has 3 aromatic rings. The molecule has 7 nitrogen and oxygen atoms in total. The first-order chi connectivity index (χ1) is 15.3. The van der Waals surface area contributed by atoms with Crippen LogP contribution in [-0.2, 0) is 32.2 Å². The highest BCUT2D eigenvalue weighted by atomic mass is 32.2. The Morgan fingerprint density at radius 2 is 1.66 bits per heavy atom. The maximum atomic E-state index is 12.7. The topological polar surface area (TPSA) is 101 Å². The molecule has 1 heterocycles. The van der Waals surface area contributed by atoms with Crippen LogP contribution in [0.4, 0.5) is 11.5 Å². The molecule has 1 unspecified atom stereocenters. The number of nitrogens with zero attached hydrogens (tertiary/aromatic N) is 2. The van der Waals surface area contributed by atoms with Gasteiger partial charge in [-0.15, -0.1) is 5.10 Å². The molecule has 8 heteroatoms. The molecule has 2 amide bonds. The predicted octanol–water partition coefficient (Wildman–Crippen LogP) is 3.70. The zero-order valence-corrected chi connectivity index (χ0v) is 19.1. The third-order valence-electron chi connectivity index (χ3n) is 5.09. The molecular formula is C24H26N4O3S. The van der Waals surface area contributed by atoms with Gasteiger partial charge in [0.2, 0.25) is 11.8 Å². The molecule has 0 fully saturated rings. The number of benzene rings is 2. The van der Waals surface area contributed by atoms with Crippen molar-refractivity contribution >= 4 is 34.1 Å². The van der Waals surface area contributed by atoms with Crippen molar-refractivity contribution in [3.63, 3.8) is 0 Å². The smallest absolute Gasteiger partial charge is 0.235 e. The van der Waals surface area contributed by atoms with Crippen LogP contribution in [0.25, 0.3) is 0 Å². The third kappa shape index (κ3) is 5.85. The average Bonchev–Trinajstić information content (AvgIpc) is 2.80. The molecule has 0 spiro atoms. The first kappa shape index (κ1) is 23.3. The number of rotatable bonds is 8. The summed E-state index contributed by atoms with van der Waals surface area (Å²) in [6.45, 7) is 5.51. The van der Waals surface area contributed by atoms with Crippen LogP contribution in [0.3, 0.4) is 0 Å². The molecule has 0 bridgehead atoms. The largest absolute Gasteiger partial charge is 0.326 e. The Kier molecular flexibility index (Phi) is 7.48. The van der Waals surface area contributed by atoms with Crippen LogP contribution in [0.2, 0.25) is 0 Å². The second kappa shape index (κ2) is 10.3. The monoisotopic (exact) mass is 450 g/mol. The van der Waals surface area contributed by atoms with Gasteiger partial charge in [0.25, 0.3) is 0 Å². The summed E-state index contributed by atoms with van der Waals surface area (Å²) in [6.07, 6.45) is 1.75. The van der Waals surface area contributed by atoms with Crippen molar-refractivity contribution in [2.24, 2.45) is 0 Å². The molecule has 2 N–H and O–H groups in total. The molecule has 3 rings (SSSR count). The number of nitrogens with one attached hydrogen (secondary N) is 2. The van der Waals surface area contributed by atoms with E-state index in [-0.39, 0.29) is 18.2 Å². The molecule has 0 saturated heterocycles. The van der Waals surface area contributed by atoms with Crippen LogP contribution in [0, 0.1) is 0 Å². The summed E-state index contributed by atoms with van der Waals surface area (Å²) in [6, 6.07) is 17.8. The summed E-state index contributed by atoms with van der Waals surface area (Å²) < 4.78 is 11.8. The van der Waals surface area contributed by atoms with Crippen molar-refractivity contribution in [2.75, 3.05) is 16.4 Å². The van der Waals surface area contributed by atoms with Gasteiger partial charge in [0.05, 0.1) is 22.6 Å². The Bertz CT molecular complexity index is 1100. The number of aromatic nitrogens is 2. The highest BCUT2D eigenvalue weighted by molar-refractivity contribution is 7.85. The highest BCUT2D eigenvalue weighted by Gasteiger charge is 2.30. The van der Waals surface area contributed by atoms with Crippen molar-refractivity contribution in [2.45, 2.75) is 37.5 Å². The standard InChI is InChI=1S/C24H26N4O3S/c1-4-32(31)20-13-7-17(8-14-20)16-22(29)26-19-11-9-18(10-12-19)24(2,3)23(30)27-21-6-5-15-25-28-21/h5-15H,4,16H2,1-3H3,(H,26,29)(H,27,28,30). The number of hydrogen-bond acceptors (Lipinski definition) is 5. The van der Waals surface area contributed by atoms with Gasteiger partial charge in [0.15, 0.2) is 5.82 Å². The normalized spacial score (nSPS) is 12.1. The van der Waals surface area contributed by atoms with Crippen molar-refractivity contribution in [1.29, 1.82) is 0 Å². The molecule has 0 aliphatic heterocycles. The van der Waals surface area contributed by atoms with Crippen molar-refractivity contribution in [3.05, 3.63) is 78.0 Å². The van der Waals surface area contributed by atoms with Crippen LogP contribution in [-0.4, -0.2) is 32.0 Å². The highest BCUT2D eigenvalue weighted by Crippen LogP contribution is 2.26. The molecule has 0 aliphatic rings. The molecule has 2 aromatic carbocycles. The molecule has 1 atom stereocenters. The minimum atomic E-state index is -1.00. The lowest BCUT2D eigenvalue weighted by Crippen LogP contribution is -2.35. The van der Waals surface area contributed by atoms with Gasteiger partial charge in [-0.1, -0.05) is 31.2 Å². The van der Waals surface area contributed by atoms with E-state index in [0.29, 0.717) is 17.3 Å². The minimum Gasteiger partial charge on any atom is -0.326 e. The fourth-order valence-electron chi connectivity index (χ4n) is 3.06. The van der Waals surface area contributed by atoms with Crippen LogP contribution >= 0.6 is 0 Å². The zero-order valence-electron chi connectivity index (χ0n) is 18.3. The van der Waals surface area contributed by atoms with Gasteiger partial charge >= 0.3 is 0 Å². The second-order valence-electron chi connectivity index (χ2n) is 7.77. The van der Waals surface area contributed by atoms with E-state index in [9.17, 15) is 13.8 Å². The average molecular weight is 451 g/mol. The summed E-state index contributed by atoms with van der Waals surface area (Å²) in [7, 11) is -1.00. The maximum absolute atomic E-state index is 12.7. The summed E-state index contributed by atoms with van der Waals surface area (Å²) >= 11 is 0. The molecular weight excluding hydrogens is 424 g/mol. The van der Waals surface area contributed by atoms with Crippen molar-refractivity contribution in [3.8, 4) is 0 Å². The first-order valence-corrected chi connectivity index (χ1v) is 11.6. The van der Waals surface area contributed by atoms with Crippen LogP contribution < -0.4 is 10.6 Å². The van der Waals surface area contributed by atoms with E-state index < -0.39 is 16.2 Å². The molecule has 32 heavy (non-hydrogen) atoms. The zero-order chi connectivity index (χ0) is 23.1. The molecule has 0 radical (unpaired) electrons. The Balaban J connectivity index is 1.60. The third-order valence-corrected chi connectivity index (χ3v) is 6.41. The molecule has 1 aromatic heterocycles. The lowest BCUT2D eigenvalue weighted by molar-refractivity contribution is -0.120. The Morgan fingerprint density at radius 3 is 2.25 bits per heavy atom. The number of carbonyl (C=O) groups excluding carboxylic acids is 2. The Hall–Kier alpha value is -3.39. The second-order valence-corrected chi connectivity index (χ2v) is 9.51. The van der Waals surface area contributed by atoms with E-state index in [1.54, 1.807) is 36.4 Å². The molecule has 166 valence electrons. The quantitative estimate of drug-likeness (QED) is 0.545. The molecule has 0 saturated carbocycles. The van der Waals surface area contributed by atoms with Gasteiger partial charge in [-0.3, -0.25) is 13.8 Å².